The maximum atomic E-state index is 12.1. The second kappa shape index (κ2) is 6.95. The first-order valence-electron chi connectivity index (χ1n) is 8.13. The van der Waals surface area contributed by atoms with E-state index in [1.807, 2.05) is 20.0 Å². The molecule has 23 heavy (non-hydrogen) atoms. The molecule has 2 aromatic rings. The highest BCUT2D eigenvalue weighted by Gasteiger charge is 2.21. The van der Waals surface area contributed by atoms with Crippen molar-refractivity contribution in [2.75, 3.05) is 19.6 Å². The summed E-state index contributed by atoms with van der Waals surface area (Å²) >= 11 is 0. The predicted octanol–water partition coefficient (Wildman–Crippen LogP) is 1.39. The number of aromatic amines is 2. The third-order valence-electron chi connectivity index (χ3n) is 4.24. The maximum Gasteiger partial charge on any atom is 0.271 e. The second-order valence-electron chi connectivity index (χ2n) is 6.38. The molecule has 1 aliphatic rings. The molecule has 1 amide bonds. The Kier molecular flexibility index (Phi) is 4.76. The molecule has 0 aliphatic carbocycles. The van der Waals surface area contributed by atoms with Gasteiger partial charge >= 0.3 is 0 Å². The van der Waals surface area contributed by atoms with Gasteiger partial charge in [-0.25, -0.2) is 4.98 Å². The maximum absolute atomic E-state index is 12.1. The van der Waals surface area contributed by atoms with Crippen LogP contribution in [0.5, 0.6) is 0 Å². The minimum absolute atomic E-state index is 0.101. The summed E-state index contributed by atoms with van der Waals surface area (Å²) in [6.07, 6.45) is 4.22. The summed E-state index contributed by atoms with van der Waals surface area (Å²) < 4.78 is 0. The first kappa shape index (κ1) is 15.7. The number of aryl methyl sites for hydroxylation is 2. The molecule has 1 saturated heterocycles. The Morgan fingerprint density at radius 2 is 2.35 bits per heavy atom. The van der Waals surface area contributed by atoms with E-state index in [1.165, 1.54) is 0 Å². The number of H-pyrrole nitrogens is 2. The van der Waals surface area contributed by atoms with Gasteiger partial charge in [0.1, 0.15) is 11.5 Å². The van der Waals surface area contributed by atoms with Crippen LogP contribution in [0, 0.1) is 19.8 Å². The lowest BCUT2D eigenvalue weighted by molar-refractivity contribution is 0.0925. The van der Waals surface area contributed by atoms with Crippen molar-refractivity contribution in [3.63, 3.8) is 0 Å². The Morgan fingerprint density at radius 1 is 1.48 bits per heavy atom. The van der Waals surface area contributed by atoms with Crippen LogP contribution in [0.15, 0.2) is 12.3 Å². The highest BCUT2D eigenvalue weighted by atomic mass is 16.1. The van der Waals surface area contributed by atoms with Gasteiger partial charge in [-0.15, -0.1) is 0 Å². The molecule has 1 atom stereocenters. The largest absolute Gasteiger partial charge is 0.350 e. The van der Waals surface area contributed by atoms with Crippen LogP contribution in [0.3, 0.4) is 0 Å². The normalized spacial score (nSPS) is 19.0. The summed E-state index contributed by atoms with van der Waals surface area (Å²) in [5.41, 5.74) is 2.51. The van der Waals surface area contributed by atoms with Gasteiger partial charge in [0.15, 0.2) is 0 Å². The number of nitrogens with one attached hydrogen (secondary N) is 3. The van der Waals surface area contributed by atoms with E-state index in [0.717, 1.165) is 49.7 Å². The zero-order valence-electron chi connectivity index (χ0n) is 13.7. The lowest BCUT2D eigenvalue weighted by atomic mass is 9.98. The number of likely N-dealkylation sites (tertiary alicyclic amines) is 1. The molecule has 3 rings (SSSR count). The molecule has 7 heteroatoms. The topological polar surface area (TPSA) is 89.7 Å². The van der Waals surface area contributed by atoms with Crippen LogP contribution in [0.4, 0.5) is 0 Å². The van der Waals surface area contributed by atoms with Crippen LogP contribution in [0.25, 0.3) is 0 Å². The van der Waals surface area contributed by atoms with Crippen LogP contribution in [0.2, 0.25) is 0 Å². The number of carbonyl (C=O) groups is 1. The number of nitrogens with zero attached hydrogens (tertiary/aromatic N) is 3. The molecule has 1 aliphatic heterocycles. The molecule has 1 fully saturated rings. The lowest BCUT2D eigenvalue weighted by Crippen LogP contribution is -2.40. The van der Waals surface area contributed by atoms with Gasteiger partial charge in [-0.3, -0.25) is 14.8 Å². The Labute approximate surface area is 135 Å². The Hall–Kier alpha value is -2.15. The summed E-state index contributed by atoms with van der Waals surface area (Å²) in [5, 5.41) is 9.79. The number of hydrogen-bond donors (Lipinski definition) is 3. The quantitative estimate of drug-likeness (QED) is 0.777. The molecule has 3 heterocycles. The molecule has 0 radical (unpaired) electrons. The molecule has 0 aromatic carbocycles. The van der Waals surface area contributed by atoms with Gasteiger partial charge in [0.05, 0.1) is 0 Å². The number of aromatic nitrogens is 4. The summed E-state index contributed by atoms with van der Waals surface area (Å²) in [4.78, 5) is 22.0. The fraction of sp³-hybridized carbons (Fsp3) is 0.562. The monoisotopic (exact) mass is 316 g/mol. The molecule has 124 valence electrons. The first-order valence-corrected chi connectivity index (χ1v) is 8.13. The third-order valence-corrected chi connectivity index (χ3v) is 4.24. The molecule has 7 nitrogen and oxygen atoms in total. The van der Waals surface area contributed by atoms with Crippen molar-refractivity contribution in [2.24, 2.45) is 5.92 Å². The van der Waals surface area contributed by atoms with E-state index in [2.05, 4.69) is 30.4 Å². The molecule has 3 N–H and O–H groups in total. The number of carbonyl (C=O) groups excluding carboxylic acids is 1. The molecule has 0 spiro atoms. The van der Waals surface area contributed by atoms with Gasteiger partial charge < -0.3 is 10.3 Å². The minimum atomic E-state index is -0.101. The zero-order valence-corrected chi connectivity index (χ0v) is 13.7. The fourth-order valence-electron chi connectivity index (χ4n) is 3.12. The lowest BCUT2D eigenvalue weighted by Gasteiger charge is -2.32. The number of hydrogen-bond acceptors (Lipinski definition) is 4. The van der Waals surface area contributed by atoms with E-state index >= 15 is 0 Å². The molecular weight excluding hydrogens is 292 g/mol. The van der Waals surface area contributed by atoms with Gasteiger partial charge in [-0.05, 0) is 45.2 Å². The van der Waals surface area contributed by atoms with E-state index in [9.17, 15) is 4.79 Å². The summed E-state index contributed by atoms with van der Waals surface area (Å²) in [7, 11) is 0. The highest BCUT2D eigenvalue weighted by Crippen LogP contribution is 2.17. The van der Waals surface area contributed by atoms with Gasteiger partial charge in [0.25, 0.3) is 5.91 Å². The van der Waals surface area contributed by atoms with E-state index in [4.69, 9.17) is 0 Å². The summed E-state index contributed by atoms with van der Waals surface area (Å²) in [6, 6.07) is 1.77. The van der Waals surface area contributed by atoms with Crippen molar-refractivity contribution < 1.29 is 4.79 Å². The average Bonchev–Trinajstić information content (AvgIpc) is 3.14. The van der Waals surface area contributed by atoms with Gasteiger partial charge in [-0.2, -0.15) is 5.10 Å². The minimum Gasteiger partial charge on any atom is -0.350 e. The van der Waals surface area contributed by atoms with Crippen LogP contribution in [-0.4, -0.2) is 50.6 Å². The van der Waals surface area contributed by atoms with Crippen molar-refractivity contribution >= 4 is 5.91 Å². The van der Waals surface area contributed by atoms with Crippen molar-refractivity contribution in [3.05, 3.63) is 35.2 Å². The molecule has 2 aromatic heterocycles. The summed E-state index contributed by atoms with van der Waals surface area (Å²) in [6.45, 7) is 7.54. The van der Waals surface area contributed by atoms with Crippen molar-refractivity contribution in [3.8, 4) is 0 Å². The number of amides is 1. The fourth-order valence-corrected chi connectivity index (χ4v) is 3.12. The molecule has 0 saturated carbocycles. The van der Waals surface area contributed by atoms with Crippen LogP contribution in [0.1, 0.15) is 40.5 Å². The molecule has 0 unspecified atom stereocenters. The van der Waals surface area contributed by atoms with Gasteiger partial charge in [0.2, 0.25) is 0 Å². The van der Waals surface area contributed by atoms with E-state index < -0.39 is 0 Å². The highest BCUT2D eigenvalue weighted by molar-refractivity contribution is 5.92. The Morgan fingerprint density at radius 3 is 3.04 bits per heavy atom. The molecular formula is C16H24N6O. The van der Waals surface area contributed by atoms with E-state index in [0.29, 0.717) is 18.2 Å². The van der Waals surface area contributed by atoms with Crippen LogP contribution >= 0.6 is 0 Å². The van der Waals surface area contributed by atoms with Crippen molar-refractivity contribution in [2.45, 2.75) is 33.2 Å². The number of piperidine rings is 1. The Bertz CT molecular complexity index is 661. The van der Waals surface area contributed by atoms with Crippen molar-refractivity contribution in [1.82, 2.24) is 30.4 Å². The second-order valence-corrected chi connectivity index (χ2v) is 6.38. The van der Waals surface area contributed by atoms with Crippen molar-refractivity contribution in [1.29, 1.82) is 0 Å². The number of rotatable bonds is 5. The standard InChI is InChI=1S/C16H24N6O/c1-11-6-15(21-20-11)16(23)18-7-13-4-3-5-22(9-13)10-14-8-17-12(2)19-14/h6,8,13H,3-5,7,9-10H2,1-2H3,(H,17,19)(H,18,23)(H,20,21)/t13-/m0/s1. The van der Waals surface area contributed by atoms with Crippen LogP contribution in [-0.2, 0) is 6.54 Å². The average molecular weight is 316 g/mol. The van der Waals surface area contributed by atoms with Gasteiger partial charge in [-0.1, -0.05) is 0 Å². The third kappa shape index (κ3) is 4.19. The SMILES string of the molecule is Cc1cc(C(=O)NC[C@@H]2CCCN(Cc3cnc(C)[nH]3)C2)n[nH]1. The number of imidazole rings is 1. The first-order chi connectivity index (χ1) is 11.1. The van der Waals surface area contributed by atoms with Gasteiger partial charge in [0, 0.05) is 37.2 Å². The predicted molar refractivity (Wildman–Crippen MR) is 87.0 cm³/mol. The summed E-state index contributed by atoms with van der Waals surface area (Å²) in [5.74, 6) is 1.34. The van der Waals surface area contributed by atoms with E-state index in [-0.39, 0.29) is 5.91 Å². The zero-order chi connectivity index (χ0) is 16.2. The van der Waals surface area contributed by atoms with E-state index in [1.54, 1.807) is 6.07 Å². The smallest absolute Gasteiger partial charge is 0.271 e. The Balaban J connectivity index is 1.47. The van der Waals surface area contributed by atoms with Crippen LogP contribution < -0.4 is 5.32 Å². The molecule has 0 bridgehead atoms.